The third-order valence-corrected chi connectivity index (χ3v) is 2.38. The van der Waals surface area contributed by atoms with Gasteiger partial charge >= 0.3 is 0 Å². The van der Waals surface area contributed by atoms with E-state index in [0.29, 0.717) is 11.3 Å². The van der Waals surface area contributed by atoms with E-state index in [-0.39, 0.29) is 0 Å². The molecular weight excluding hydrogens is 206 g/mol. The van der Waals surface area contributed by atoms with Gasteiger partial charge in [0.2, 0.25) is 0 Å². The van der Waals surface area contributed by atoms with Crippen molar-refractivity contribution in [2.45, 2.75) is 0 Å². The summed E-state index contributed by atoms with van der Waals surface area (Å²) in [5, 5.41) is 7.61. The van der Waals surface area contributed by atoms with Crippen molar-refractivity contribution in [3.05, 3.63) is 30.0 Å². The minimum absolute atomic E-state index is 0.560. The number of carbonyl (C=O) groups is 1. The maximum Gasteiger partial charge on any atom is 0.150 e. The zero-order valence-electron chi connectivity index (χ0n) is 9.04. The van der Waals surface area contributed by atoms with E-state index in [4.69, 9.17) is 4.74 Å². The number of carbonyl (C=O) groups excluding carboxylic acids is 1. The molecule has 0 unspecified atom stereocenters. The highest BCUT2D eigenvalue weighted by atomic mass is 16.5. The second-order valence-electron chi connectivity index (χ2n) is 3.31. The van der Waals surface area contributed by atoms with E-state index < -0.39 is 0 Å². The average Bonchev–Trinajstić information content (AvgIpc) is 2.74. The molecule has 2 aromatic rings. The number of benzene rings is 1. The van der Waals surface area contributed by atoms with Crippen LogP contribution in [-0.2, 0) is 7.05 Å². The number of aldehydes is 1. The molecule has 0 N–H and O–H groups in total. The molecule has 1 aromatic heterocycles. The maximum atomic E-state index is 11.0. The van der Waals surface area contributed by atoms with Crippen LogP contribution in [-0.4, -0.2) is 28.4 Å². The van der Waals surface area contributed by atoms with Crippen LogP contribution >= 0.6 is 0 Å². The zero-order valence-corrected chi connectivity index (χ0v) is 9.04. The van der Waals surface area contributed by atoms with Crippen LogP contribution in [0.25, 0.3) is 11.3 Å². The summed E-state index contributed by atoms with van der Waals surface area (Å²) >= 11 is 0. The summed E-state index contributed by atoms with van der Waals surface area (Å²) in [6.45, 7) is 0. The van der Waals surface area contributed by atoms with E-state index in [0.717, 1.165) is 17.5 Å². The molecule has 1 heterocycles. The van der Waals surface area contributed by atoms with Crippen molar-refractivity contribution < 1.29 is 9.53 Å². The summed E-state index contributed by atoms with van der Waals surface area (Å²) in [5.74, 6) is 0.654. The Kier molecular flexibility index (Phi) is 2.68. The molecule has 0 spiro atoms. The van der Waals surface area contributed by atoms with Crippen molar-refractivity contribution in [3.63, 3.8) is 0 Å². The number of nitrogens with zero attached hydrogens (tertiary/aromatic N) is 3. The van der Waals surface area contributed by atoms with E-state index in [1.807, 2.05) is 6.07 Å². The molecule has 2 rings (SSSR count). The lowest BCUT2D eigenvalue weighted by Crippen LogP contribution is -1.97. The molecule has 16 heavy (non-hydrogen) atoms. The Morgan fingerprint density at radius 2 is 2.25 bits per heavy atom. The third kappa shape index (κ3) is 1.67. The Labute approximate surface area is 92.7 Å². The lowest BCUT2D eigenvalue weighted by molar-refractivity contribution is 0.112. The molecule has 5 heteroatoms. The Morgan fingerprint density at radius 1 is 1.44 bits per heavy atom. The smallest absolute Gasteiger partial charge is 0.150 e. The number of methoxy groups -OCH3 is 1. The van der Waals surface area contributed by atoms with Gasteiger partial charge in [0.25, 0.3) is 0 Å². The van der Waals surface area contributed by atoms with E-state index >= 15 is 0 Å². The number of aromatic nitrogens is 3. The Bertz CT molecular complexity index is 520. The Morgan fingerprint density at radius 3 is 2.81 bits per heavy atom. The fourth-order valence-corrected chi connectivity index (χ4v) is 1.53. The van der Waals surface area contributed by atoms with Gasteiger partial charge < -0.3 is 4.74 Å². The molecule has 0 aliphatic carbocycles. The molecule has 0 saturated heterocycles. The number of ether oxygens (including phenoxy) is 1. The topological polar surface area (TPSA) is 57.0 Å². The fraction of sp³-hybridized carbons (Fsp3) is 0.182. The van der Waals surface area contributed by atoms with Crippen LogP contribution < -0.4 is 4.74 Å². The number of rotatable bonds is 3. The maximum absolute atomic E-state index is 11.0. The first-order valence-electron chi connectivity index (χ1n) is 4.74. The largest absolute Gasteiger partial charge is 0.497 e. The van der Waals surface area contributed by atoms with Crippen molar-refractivity contribution in [2.24, 2.45) is 7.05 Å². The van der Waals surface area contributed by atoms with Gasteiger partial charge in [0, 0.05) is 18.2 Å². The normalized spacial score (nSPS) is 10.1. The summed E-state index contributed by atoms with van der Waals surface area (Å²) in [7, 11) is 3.34. The number of aryl methyl sites for hydroxylation is 1. The summed E-state index contributed by atoms with van der Waals surface area (Å²) in [5.41, 5.74) is 2.15. The van der Waals surface area contributed by atoms with Crippen molar-refractivity contribution >= 4 is 6.29 Å². The van der Waals surface area contributed by atoms with Gasteiger partial charge in [0.05, 0.1) is 19.0 Å². The van der Waals surface area contributed by atoms with Gasteiger partial charge in [-0.1, -0.05) is 5.21 Å². The Hall–Kier alpha value is -2.17. The molecule has 82 valence electrons. The predicted octanol–water partition coefficient (Wildman–Crippen LogP) is 1.30. The van der Waals surface area contributed by atoms with Crippen molar-refractivity contribution in [2.75, 3.05) is 7.11 Å². The second kappa shape index (κ2) is 4.14. The molecule has 0 saturated carbocycles. The molecule has 0 bridgehead atoms. The molecule has 0 fully saturated rings. The van der Waals surface area contributed by atoms with E-state index in [1.54, 1.807) is 37.2 Å². The van der Waals surface area contributed by atoms with Crippen LogP contribution in [0.4, 0.5) is 0 Å². The highest BCUT2D eigenvalue weighted by Crippen LogP contribution is 2.25. The first-order chi connectivity index (χ1) is 7.76. The van der Waals surface area contributed by atoms with Crippen molar-refractivity contribution in [1.29, 1.82) is 0 Å². The molecule has 0 radical (unpaired) electrons. The van der Waals surface area contributed by atoms with Gasteiger partial charge in [0.1, 0.15) is 5.75 Å². The summed E-state index contributed by atoms with van der Waals surface area (Å²) < 4.78 is 6.68. The average molecular weight is 217 g/mol. The number of hydrogen-bond acceptors (Lipinski definition) is 4. The third-order valence-electron chi connectivity index (χ3n) is 2.38. The van der Waals surface area contributed by atoms with Crippen LogP contribution in [0, 0.1) is 0 Å². The summed E-state index contributed by atoms with van der Waals surface area (Å²) in [6, 6.07) is 5.31. The van der Waals surface area contributed by atoms with Gasteiger partial charge in [-0.25, -0.2) is 4.68 Å². The minimum Gasteiger partial charge on any atom is -0.497 e. The van der Waals surface area contributed by atoms with E-state index in [2.05, 4.69) is 10.3 Å². The minimum atomic E-state index is 0.560. The van der Waals surface area contributed by atoms with Crippen LogP contribution in [0.15, 0.2) is 24.4 Å². The monoisotopic (exact) mass is 217 g/mol. The number of hydrogen-bond donors (Lipinski definition) is 0. The lowest BCUT2D eigenvalue weighted by Gasteiger charge is -2.06. The summed E-state index contributed by atoms with van der Waals surface area (Å²) in [6.07, 6.45) is 2.42. The van der Waals surface area contributed by atoms with Gasteiger partial charge in [-0.05, 0) is 18.2 Å². The molecule has 1 aromatic carbocycles. The highest BCUT2D eigenvalue weighted by Gasteiger charge is 2.09. The van der Waals surface area contributed by atoms with Gasteiger partial charge in [-0.2, -0.15) is 0 Å². The predicted molar refractivity (Wildman–Crippen MR) is 58.4 cm³/mol. The van der Waals surface area contributed by atoms with Gasteiger partial charge in [-0.15, -0.1) is 5.10 Å². The quantitative estimate of drug-likeness (QED) is 0.727. The first kappa shape index (κ1) is 10.4. The second-order valence-corrected chi connectivity index (χ2v) is 3.31. The lowest BCUT2D eigenvalue weighted by atomic mass is 10.1. The van der Waals surface area contributed by atoms with Crippen molar-refractivity contribution in [1.82, 2.24) is 15.0 Å². The van der Waals surface area contributed by atoms with Gasteiger partial charge in [-0.3, -0.25) is 4.79 Å². The fourth-order valence-electron chi connectivity index (χ4n) is 1.53. The molecular formula is C11H11N3O2. The SMILES string of the molecule is COc1ccc(-c2cnnn2C)c(C=O)c1. The van der Waals surface area contributed by atoms with Gasteiger partial charge in [0.15, 0.2) is 6.29 Å². The van der Waals surface area contributed by atoms with Crippen LogP contribution in [0.3, 0.4) is 0 Å². The Balaban J connectivity index is 2.57. The zero-order chi connectivity index (χ0) is 11.5. The summed E-state index contributed by atoms with van der Waals surface area (Å²) in [4.78, 5) is 11.0. The molecule has 0 amide bonds. The first-order valence-corrected chi connectivity index (χ1v) is 4.74. The molecule has 5 nitrogen and oxygen atoms in total. The molecule has 0 aliphatic rings. The van der Waals surface area contributed by atoms with E-state index in [9.17, 15) is 4.79 Å². The van der Waals surface area contributed by atoms with Crippen LogP contribution in [0.1, 0.15) is 10.4 Å². The highest BCUT2D eigenvalue weighted by molar-refractivity contribution is 5.87. The van der Waals surface area contributed by atoms with E-state index in [1.165, 1.54) is 0 Å². The molecule has 0 aliphatic heterocycles. The van der Waals surface area contributed by atoms with Crippen molar-refractivity contribution in [3.8, 4) is 17.0 Å². The van der Waals surface area contributed by atoms with Crippen LogP contribution in [0.2, 0.25) is 0 Å². The standard InChI is InChI=1S/C11H11N3O2/c1-14-11(6-12-13-14)10-4-3-9(16-2)5-8(10)7-15/h3-7H,1-2H3. The van der Waals surface area contributed by atoms with Crippen LogP contribution in [0.5, 0.6) is 5.75 Å². The molecule has 0 atom stereocenters.